The first-order valence-electron chi connectivity index (χ1n) is 8.73. The Hall–Kier alpha value is -3.28. The van der Waals surface area contributed by atoms with Crippen LogP contribution in [0.5, 0.6) is 0 Å². The van der Waals surface area contributed by atoms with Crippen molar-refractivity contribution in [3.05, 3.63) is 72.1 Å². The Morgan fingerprint density at radius 1 is 1.11 bits per heavy atom. The Morgan fingerprint density at radius 3 is 2.56 bits per heavy atom. The third kappa shape index (κ3) is 4.28. The molecule has 1 aromatic carbocycles. The Labute approximate surface area is 157 Å². The zero-order valence-corrected chi connectivity index (χ0v) is 15.3. The lowest BCUT2D eigenvalue weighted by atomic mass is 10.0. The van der Waals surface area contributed by atoms with Gasteiger partial charge in [0.2, 0.25) is 5.91 Å². The van der Waals surface area contributed by atoms with E-state index in [1.54, 1.807) is 35.1 Å². The van der Waals surface area contributed by atoms with Crippen molar-refractivity contribution in [1.82, 2.24) is 9.88 Å². The standard InChI is InChI=1S/C21H22N2O4/c1-15(16-7-4-3-5-8-16)13-22-20(24)14-23-17(19-9-6-12-27-19)10-11-18(23)21(25)26-2/h3-12,15H,13-14H2,1-2H3,(H,22,24). The summed E-state index contributed by atoms with van der Waals surface area (Å²) in [5, 5.41) is 2.93. The number of nitrogens with zero attached hydrogens (tertiary/aromatic N) is 1. The number of carbonyl (C=O) groups is 2. The van der Waals surface area contributed by atoms with E-state index in [1.165, 1.54) is 7.11 Å². The zero-order chi connectivity index (χ0) is 19.2. The highest BCUT2D eigenvalue weighted by Gasteiger charge is 2.20. The van der Waals surface area contributed by atoms with Crippen LogP contribution in [0.3, 0.4) is 0 Å². The summed E-state index contributed by atoms with van der Waals surface area (Å²) in [4.78, 5) is 24.6. The van der Waals surface area contributed by atoms with Gasteiger partial charge in [-0.1, -0.05) is 37.3 Å². The van der Waals surface area contributed by atoms with E-state index < -0.39 is 5.97 Å². The molecule has 0 spiro atoms. The first-order chi connectivity index (χ1) is 13.1. The highest BCUT2D eigenvalue weighted by molar-refractivity contribution is 5.90. The van der Waals surface area contributed by atoms with Crippen molar-refractivity contribution >= 4 is 11.9 Å². The molecule has 6 heteroatoms. The van der Waals surface area contributed by atoms with Crippen LogP contribution in [0, 0.1) is 0 Å². The number of benzene rings is 1. The molecule has 0 saturated heterocycles. The maximum Gasteiger partial charge on any atom is 0.354 e. The van der Waals surface area contributed by atoms with Crippen molar-refractivity contribution in [3.8, 4) is 11.5 Å². The molecule has 1 amide bonds. The molecule has 0 aliphatic carbocycles. The number of carbonyl (C=O) groups excluding carboxylic acids is 2. The summed E-state index contributed by atoms with van der Waals surface area (Å²) in [7, 11) is 1.31. The van der Waals surface area contributed by atoms with Crippen LogP contribution in [0.25, 0.3) is 11.5 Å². The number of rotatable bonds is 7. The Balaban J connectivity index is 1.73. The van der Waals surface area contributed by atoms with Crippen LogP contribution >= 0.6 is 0 Å². The number of furan rings is 1. The minimum absolute atomic E-state index is 0.00498. The minimum atomic E-state index is -0.502. The minimum Gasteiger partial charge on any atom is -0.464 e. The summed E-state index contributed by atoms with van der Waals surface area (Å²) < 4.78 is 11.8. The van der Waals surface area contributed by atoms with Crippen molar-refractivity contribution < 1.29 is 18.7 Å². The van der Waals surface area contributed by atoms with Gasteiger partial charge in [0.15, 0.2) is 0 Å². The van der Waals surface area contributed by atoms with Gasteiger partial charge in [0, 0.05) is 6.54 Å². The molecule has 0 bridgehead atoms. The fourth-order valence-electron chi connectivity index (χ4n) is 2.93. The Bertz CT molecular complexity index is 898. The van der Waals surface area contributed by atoms with Gasteiger partial charge >= 0.3 is 5.97 Å². The molecule has 140 valence electrons. The first-order valence-corrected chi connectivity index (χ1v) is 8.73. The zero-order valence-electron chi connectivity index (χ0n) is 15.3. The van der Waals surface area contributed by atoms with E-state index in [0.717, 1.165) is 5.56 Å². The third-order valence-corrected chi connectivity index (χ3v) is 4.42. The molecule has 3 aromatic rings. The van der Waals surface area contributed by atoms with Crippen molar-refractivity contribution in [2.45, 2.75) is 19.4 Å². The highest BCUT2D eigenvalue weighted by atomic mass is 16.5. The molecule has 0 aliphatic rings. The molecule has 2 heterocycles. The highest BCUT2D eigenvalue weighted by Crippen LogP contribution is 2.23. The van der Waals surface area contributed by atoms with Crippen molar-refractivity contribution in [1.29, 1.82) is 0 Å². The van der Waals surface area contributed by atoms with Crippen LogP contribution in [0.15, 0.2) is 65.3 Å². The van der Waals surface area contributed by atoms with E-state index in [2.05, 4.69) is 12.2 Å². The maximum atomic E-state index is 12.5. The molecule has 1 N–H and O–H groups in total. The molecule has 3 rings (SSSR count). The second kappa shape index (κ2) is 8.40. The topological polar surface area (TPSA) is 73.5 Å². The number of amides is 1. The third-order valence-electron chi connectivity index (χ3n) is 4.42. The smallest absolute Gasteiger partial charge is 0.354 e. The van der Waals surface area contributed by atoms with Gasteiger partial charge < -0.3 is 19.0 Å². The van der Waals surface area contributed by atoms with Gasteiger partial charge in [0.25, 0.3) is 0 Å². The average molecular weight is 366 g/mol. The lowest BCUT2D eigenvalue weighted by Gasteiger charge is -2.15. The van der Waals surface area contributed by atoms with Crippen LogP contribution in [-0.2, 0) is 16.1 Å². The largest absolute Gasteiger partial charge is 0.464 e. The molecule has 1 atom stereocenters. The van der Waals surface area contributed by atoms with Gasteiger partial charge in [-0.2, -0.15) is 0 Å². The molecule has 1 unspecified atom stereocenters. The van der Waals surface area contributed by atoms with Crippen LogP contribution in [-0.4, -0.2) is 30.1 Å². The van der Waals surface area contributed by atoms with Gasteiger partial charge in [-0.3, -0.25) is 4.79 Å². The van der Waals surface area contributed by atoms with E-state index in [0.29, 0.717) is 23.7 Å². The van der Waals surface area contributed by atoms with Gasteiger partial charge in [-0.15, -0.1) is 0 Å². The van der Waals surface area contributed by atoms with Gasteiger partial charge in [-0.05, 0) is 35.7 Å². The molecule has 0 radical (unpaired) electrons. The SMILES string of the molecule is COC(=O)c1ccc(-c2ccco2)n1CC(=O)NCC(C)c1ccccc1. The van der Waals surface area contributed by atoms with Crippen LogP contribution in [0.2, 0.25) is 0 Å². The number of ether oxygens (including phenoxy) is 1. The van der Waals surface area contributed by atoms with Crippen molar-refractivity contribution in [2.75, 3.05) is 13.7 Å². The summed E-state index contributed by atoms with van der Waals surface area (Å²) in [5.74, 6) is 0.0743. The normalized spacial score (nSPS) is 11.8. The summed E-state index contributed by atoms with van der Waals surface area (Å²) in [6.07, 6.45) is 1.55. The van der Waals surface area contributed by atoms with Crippen LogP contribution in [0.4, 0.5) is 0 Å². The summed E-state index contributed by atoms with van der Waals surface area (Å²) in [6, 6.07) is 16.9. The summed E-state index contributed by atoms with van der Waals surface area (Å²) in [6.45, 7) is 2.56. The molecular formula is C21H22N2O4. The maximum absolute atomic E-state index is 12.5. The fraction of sp³-hybridized carbons (Fsp3) is 0.238. The molecule has 0 fully saturated rings. The first kappa shape index (κ1) is 18.5. The van der Waals surface area contributed by atoms with Crippen molar-refractivity contribution in [3.63, 3.8) is 0 Å². The van der Waals surface area contributed by atoms with E-state index >= 15 is 0 Å². The fourth-order valence-corrected chi connectivity index (χ4v) is 2.93. The van der Waals surface area contributed by atoms with Gasteiger partial charge in [-0.25, -0.2) is 4.79 Å². The lowest BCUT2D eigenvalue weighted by Crippen LogP contribution is -2.31. The number of hydrogen-bond acceptors (Lipinski definition) is 4. The number of esters is 1. The van der Waals surface area contributed by atoms with E-state index in [4.69, 9.17) is 9.15 Å². The van der Waals surface area contributed by atoms with E-state index in [-0.39, 0.29) is 18.4 Å². The predicted octanol–water partition coefficient (Wildman–Crippen LogP) is 3.45. The molecule has 6 nitrogen and oxygen atoms in total. The van der Waals surface area contributed by atoms with Crippen LogP contribution < -0.4 is 5.32 Å². The Morgan fingerprint density at radius 2 is 1.89 bits per heavy atom. The molecule has 27 heavy (non-hydrogen) atoms. The Kier molecular flexibility index (Phi) is 5.76. The van der Waals surface area contributed by atoms with Crippen LogP contribution in [0.1, 0.15) is 28.9 Å². The molecule has 0 saturated carbocycles. The second-order valence-electron chi connectivity index (χ2n) is 6.27. The number of nitrogens with one attached hydrogen (secondary N) is 1. The van der Waals surface area contributed by atoms with Crippen molar-refractivity contribution in [2.24, 2.45) is 0 Å². The monoisotopic (exact) mass is 366 g/mol. The van der Waals surface area contributed by atoms with E-state index in [1.807, 2.05) is 30.3 Å². The number of methoxy groups -OCH3 is 1. The van der Waals surface area contributed by atoms with Gasteiger partial charge in [0.1, 0.15) is 18.0 Å². The number of aromatic nitrogens is 1. The van der Waals surface area contributed by atoms with Gasteiger partial charge in [0.05, 0.1) is 19.1 Å². The number of hydrogen-bond donors (Lipinski definition) is 1. The molecular weight excluding hydrogens is 344 g/mol. The quantitative estimate of drug-likeness (QED) is 0.650. The molecule has 0 aliphatic heterocycles. The summed E-state index contributed by atoms with van der Waals surface area (Å²) >= 11 is 0. The lowest BCUT2D eigenvalue weighted by molar-refractivity contribution is -0.121. The second-order valence-corrected chi connectivity index (χ2v) is 6.27. The average Bonchev–Trinajstić information content (AvgIpc) is 3.36. The predicted molar refractivity (Wildman–Crippen MR) is 101 cm³/mol. The molecule has 2 aromatic heterocycles. The summed E-state index contributed by atoms with van der Waals surface area (Å²) in [5.41, 5.74) is 2.10. The van der Waals surface area contributed by atoms with E-state index in [9.17, 15) is 9.59 Å².